The first-order valence-electron chi connectivity index (χ1n) is 9.30. The number of benzene rings is 1. The molecule has 1 saturated heterocycles. The summed E-state index contributed by atoms with van der Waals surface area (Å²) >= 11 is 4.71. The van der Waals surface area contributed by atoms with Crippen molar-refractivity contribution in [3.63, 3.8) is 0 Å². The van der Waals surface area contributed by atoms with Crippen molar-refractivity contribution in [1.82, 2.24) is 14.9 Å². The van der Waals surface area contributed by atoms with E-state index in [0.717, 1.165) is 30.5 Å². The van der Waals surface area contributed by atoms with E-state index >= 15 is 0 Å². The van der Waals surface area contributed by atoms with E-state index in [4.69, 9.17) is 12.6 Å². The lowest BCUT2D eigenvalue weighted by Crippen LogP contribution is -2.42. The van der Waals surface area contributed by atoms with Gasteiger partial charge in [-0.2, -0.15) is 12.6 Å². The van der Waals surface area contributed by atoms with E-state index in [1.54, 1.807) is 36.8 Å². The molecule has 0 spiro atoms. The number of carbonyl (C=O) groups excluding carboxylic acids is 1. The van der Waals surface area contributed by atoms with Gasteiger partial charge in [-0.1, -0.05) is 18.2 Å². The second-order valence-electron chi connectivity index (χ2n) is 7.23. The number of hydrogen-bond donors (Lipinski definition) is 1. The van der Waals surface area contributed by atoms with Gasteiger partial charge in [-0.15, -0.1) is 0 Å². The molecule has 140 valence electrons. The number of ketones is 1. The van der Waals surface area contributed by atoms with E-state index in [-0.39, 0.29) is 22.8 Å². The quantitative estimate of drug-likeness (QED) is 0.800. The molecular formula is C21H22FN3OS. The van der Waals surface area contributed by atoms with Gasteiger partial charge in [-0.25, -0.2) is 4.39 Å². The first-order chi connectivity index (χ1) is 13.1. The molecule has 2 atom stereocenters. The first-order valence-corrected chi connectivity index (χ1v) is 9.82. The van der Waals surface area contributed by atoms with Gasteiger partial charge in [0.1, 0.15) is 5.82 Å². The number of rotatable bonds is 5. The highest BCUT2D eigenvalue weighted by Crippen LogP contribution is 2.39. The number of piperidine rings is 1. The molecule has 2 aliphatic rings. The van der Waals surface area contributed by atoms with Crippen LogP contribution >= 0.6 is 12.6 Å². The molecule has 0 bridgehead atoms. The second-order valence-corrected chi connectivity index (χ2v) is 7.85. The number of carbonyl (C=O) groups is 1. The van der Waals surface area contributed by atoms with Crippen molar-refractivity contribution in [2.24, 2.45) is 5.92 Å². The Balaban J connectivity index is 1.65. The minimum absolute atomic E-state index is 0.0655. The monoisotopic (exact) mass is 383 g/mol. The number of halogens is 1. The summed E-state index contributed by atoms with van der Waals surface area (Å²) in [7, 11) is 0. The average Bonchev–Trinajstić information content (AvgIpc) is 3.52. The number of likely N-dealkylation sites (tertiary alicyclic amines) is 1. The highest BCUT2D eigenvalue weighted by molar-refractivity contribution is 7.81. The SMILES string of the molecule is O=C(C1CC1)C(c1ccccc1F)N1CCC(S)/C(=C\c2cnccn2)C1. The Labute approximate surface area is 163 Å². The van der Waals surface area contributed by atoms with Crippen LogP contribution < -0.4 is 0 Å². The number of thiol groups is 1. The Morgan fingerprint density at radius 3 is 2.78 bits per heavy atom. The molecule has 1 aliphatic heterocycles. The van der Waals surface area contributed by atoms with Gasteiger partial charge in [0.05, 0.1) is 17.9 Å². The Kier molecular flexibility index (Phi) is 5.36. The lowest BCUT2D eigenvalue weighted by atomic mass is 9.93. The molecule has 0 radical (unpaired) electrons. The molecule has 2 unspecified atom stereocenters. The summed E-state index contributed by atoms with van der Waals surface area (Å²) in [6, 6.07) is 6.10. The molecule has 4 rings (SSSR count). The molecule has 1 aromatic heterocycles. The normalized spacial score (nSPS) is 23.3. The van der Waals surface area contributed by atoms with Crippen molar-refractivity contribution in [1.29, 1.82) is 0 Å². The van der Waals surface area contributed by atoms with Crippen molar-refractivity contribution in [3.05, 3.63) is 65.5 Å². The molecular weight excluding hydrogens is 361 g/mol. The lowest BCUT2D eigenvalue weighted by molar-refractivity contribution is -0.126. The molecule has 1 aromatic carbocycles. The van der Waals surface area contributed by atoms with Crippen LogP contribution in [0, 0.1) is 11.7 Å². The van der Waals surface area contributed by atoms with E-state index in [9.17, 15) is 9.18 Å². The second kappa shape index (κ2) is 7.90. The molecule has 0 amide bonds. The average molecular weight is 383 g/mol. The fraction of sp³-hybridized carbons (Fsp3) is 0.381. The predicted molar refractivity (Wildman–Crippen MR) is 106 cm³/mol. The maximum atomic E-state index is 14.5. The lowest BCUT2D eigenvalue weighted by Gasteiger charge is -2.37. The smallest absolute Gasteiger partial charge is 0.157 e. The maximum absolute atomic E-state index is 14.5. The van der Waals surface area contributed by atoms with Crippen LogP contribution in [0.5, 0.6) is 0 Å². The first kappa shape index (κ1) is 18.3. The van der Waals surface area contributed by atoms with Gasteiger partial charge in [-0.3, -0.25) is 19.7 Å². The fourth-order valence-corrected chi connectivity index (χ4v) is 3.92. The van der Waals surface area contributed by atoms with Crippen molar-refractivity contribution in [2.45, 2.75) is 30.6 Å². The van der Waals surface area contributed by atoms with Crippen molar-refractivity contribution >= 4 is 24.5 Å². The van der Waals surface area contributed by atoms with E-state index in [0.29, 0.717) is 18.7 Å². The summed E-state index contributed by atoms with van der Waals surface area (Å²) in [5.74, 6) is -0.115. The van der Waals surface area contributed by atoms with Crippen LogP contribution in [-0.4, -0.2) is 39.0 Å². The Bertz CT molecular complexity index is 854. The van der Waals surface area contributed by atoms with E-state index in [1.807, 2.05) is 6.08 Å². The molecule has 2 aromatic rings. The molecule has 6 heteroatoms. The van der Waals surface area contributed by atoms with Gasteiger partial charge < -0.3 is 0 Å². The van der Waals surface area contributed by atoms with Crippen molar-refractivity contribution in [2.75, 3.05) is 13.1 Å². The molecule has 2 fully saturated rings. The summed E-state index contributed by atoms with van der Waals surface area (Å²) in [6.07, 6.45) is 9.60. The van der Waals surface area contributed by atoms with Crippen LogP contribution in [0.1, 0.15) is 36.6 Å². The zero-order chi connectivity index (χ0) is 18.8. The molecule has 0 N–H and O–H groups in total. The highest BCUT2D eigenvalue weighted by Gasteiger charge is 2.40. The third-order valence-electron chi connectivity index (χ3n) is 5.23. The van der Waals surface area contributed by atoms with Gasteiger partial charge >= 0.3 is 0 Å². The summed E-state index contributed by atoms with van der Waals surface area (Å²) in [4.78, 5) is 23.5. The van der Waals surface area contributed by atoms with Crippen LogP contribution in [0.2, 0.25) is 0 Å². The van der Waals surface area contributed by atoms with Gasteiger partial charge in [0.2, 0.25) is 0 Å². The minimum atomic E-state index is -0.537. The fourth-order valence-electron chi connectivity index (χ4n) is 3.65. The van der Waals surface area contributed by atoms with Crippen LogP contribution in [-0.2, 0) is 4.79 Å². The zero-order valence-electron chi connectivity index (χ0n) is 15.0. The summed E-state index contributed by atoms with van der Waals surface area (Å²) in [5.41, 5.74) is 2.32. The third-order valence-corrected chi connectivity index (χ3v) is 5.82. The summed E-state index contributed by atoms with van der Waals surface area (Å²) in [5, 5.41) is 0.0977. The van der Waals surface area contributed by atoms with Gasteiger partial charge in [0.25, 0.3) is 0 Å². The summed E-state index contributed by atoms with van der Waals surface area (Å²) < 4.78 is 14.5. The third kappa shape index (κ3) is 4.12. The predicted octanol–water partition coefficient (Wildman–Crippen LogP) is 3.72. The molecule has 2 heterocycles. The Hall–Kier alpha value is -2.05. The van der Waals surface area contributed by atoms with E-state index < -0.39 is 6.04 Å². The molecule has 27 heavy (non-hydrogen) atoms. The van der Waals surface area contributed by atoms with Gasteiger partial charge in [0.15, 0.2) is 5.78 Å². The minimum Gasteiger partial charge on any atom is -0.297 e. The van der Waals surface area contributed by atoms with Gasteiger partial charge in [-0.05, 0) is 37.0 Å². The van der Waals surface area contributed by atoms with E-state index in [2.05, 4.69) is 14.9 Å². The largest absolute Gasteiger partial charge is 0.297 e. The molecule has 4 nitrogen and oxygen atoms in total. The number of aromatic nitrogens is 2. The van der Waals surface area contributed by atoms with E-state index in [1.165, 1.54) is 6.07 Å². The molecule has 1 saturated carbocycles. The number of Topliss-reactive ketones (excluding diaryl/α,β-unsaturated/α-hetero) is 1. The van der Waals surface area contributed by atoms with Gasteiger partial charge in [0, 0.05) is 42.2 Å². The van der Waals surface area contributed by atoms with Crippen molar-refractivity contribution < 1.29 is 9.18 Å². The summed E-state index contributed by atoms with van der Waals surface area (Å²) in [6.45, 7) is 1.28. The van der Waals surface area contributed by atoms with Crippen LogP contribution in [0.15, 0.2) is 48.4 Å². The van der Waals surface area contributed by atoms with Crippen LogP contribution in [0.25, 0.3) is 6.08 Å². The van der Waals surface area contributed by atoms with Crippen molar-refractivity contribution in [3.8, 4) is 0 Å². The number of nitrogens with zero attached hydrogens (tertiary/aromatic N) is 3. The topological polar surface area (TPSA) is 46.1 Å². The number of hydrogen-bond acceptors (Lipinski definition) is 5. The molecule has 1 aliphatic carbocycles. The standard InChI is InChI=1S/C21H22FN3OS/c22-18-4-2-1-3-17(18)20(21(26)14-5-6-14)25-10-7-19(27)15(13-25)11-16-12-23-8-9-24-16/h1-4,8-9,11-12,14,19-20,27H,5-7,10,13H2/b15-11-. The van der Waals surface area contributed by atoms with Crippen LogP contribution in [0.3, 0.4) is 0 Å². The highest BCUT2D eigenvalue weighted by atomic mass is 32.1. The Morgan fingerprint density at radius 1 is 1.26 bits per heavy atom. The maximum Gasteiger partial charge on any atom is 0.157 e. The van der Waals surface area contributed by atoms with Crippen LogP contribution in [0.4, 0.5) is 4.39 Å². The zero-order valence-corrected chi connectivity index (χ0v) is 15.9. The Morgan fingerprint density at radius 2 is 2.07 bits per heavy atom.